The van der Waals surface area contributed by atoms with Crippen LogP contribution in [-0.4, -0.2) is 9.55 Å². The third kappa shape index (κ3) is 2.02. The molecule has 0 radical (unpaired) electrons. The molecule has 0 atom stereocenters. The molecule has 3 aromatic rings. The van der Waals surface area contributed by atoms with E-state index in [4.69, 9.17) is 17.3 Å². The van der Waals surface area contributed by atoms with E-state index in [1.54, 1.807) is 12.1 Å². The number of halogens is 2. The number of anilines is 1. The molecule has 20 heavy (non-hydrogen) atoms. The van der Waals surface area contributed by atoms with Gasteiger partial charge in [-0.25, -0.2) is 9.37 Å². The third-order valence-electron chi connectivity index (χ3n) is 3.23. The smallest absolute Gasteiger partial charge is 0.141 e. The Hall–Kier alpha value is -2.07. The Morgan fingerprint density at radius 2 is 2.05 bits per heavy atom. The molecular formula is C15H13ClFN3. The number of nitrogens with zero attached hydrogens (tertiary/aromatic N) is 2. The van der Waals surface area contributed by atoms with E-state index >= 15 is 0 Å². The fourth-order valence-electron chi connectivity index (χ4n) is 2.30. The lowest BCUT2D eigenvalue weighted by Gasteiger charge is -2.09. The molecule has 0 fully saturated rings. The highest BCUT2D eigenvalue weighted by Crippen LogP contribution is 2.26. The van der Waals surface area contributed by atoms with Crippen molar-refractivity contribution in [1.29, 1.82) is 0 Å². The number of fused-ring (bicyclic) bond motifs is 1. The predicted molar refractivity (Wildman–Crippen MR) is 79.8 cm³/mol. The number of hydrogen-bond acceptors (Lipinski definition) is 2. The number of rotatable bonds is 2. The van der Waals surface area contributed by atoms with E-state index in [2.05, 4.69) is 4.98 Å². The predicted octanol–water partition coefficient (Wildman–Crippen LogP) is 3.96. The van der Waals surface area contributed by atoms with E-state index in [1.165, 1.54) is 6.07 Å². The van der Waals surface area contributed by atoms with Crippen LogP contribution in [0.5, 0.6) is 0 Å². The molecule has 1 heterocycles. The van der Waals surface area contributed by atoms with Gasteiger partial charge in [0.1, 0.15) is 11.6 Å². The van der Waals surface area contributed by atoms with E-state index in [0.717, 1.165) is 29.0 Å². The second kappa shape index (κ2) is 4.80. The van der Waals surface area contributed by atoms with Crippen LogP contribution in [0.2, 0.25) is 5.02 Å². The summed E-state index contributed by atoms with van der Waals surface area (Å²) in [7, 11) is 0. The quantitative estimate of drug-likeness (QED) is 0.726. The van der Waals surface area contributed by atoms with Crippen LogP contribution in [0.4, 0.5) is 10.1 Å². The van der Waals surface area contributed by atoms with Crippen molar-refractivity contribution in [1.82, 2.24) is 9.55 Å². The SMILES string of the molecule is CCc1nc2cc(N)ccc2n1-c1ccc(F)c(Cl)c1. The van der Waals surface area contributed by atoms with Gasteiger partial charge in [-0.2, -0.15) is 0 Å². The summed E-state index contributed by atoms with van der Waals surface area (Å²) in [6, 6.07) is 10.2. The summed E-state index contributed by atoms with van der Waals surface area (Å²) < 4.78 is 15.3. The maximum Gasteiger partial charge on any atom is 0.141 e. The van der Waals surface area contributed by atoms with Crippen molar-refractivity contribution in [2.24, 2.45) is 0 Å². The van der Waals surface area contributed by atoms with E-state index in [1.807, 2.05) is 29.7 Å². The van der Waals surface area contributed by atoms with E-state index in [-0.39, 0.29) is 5.02 Å². The Labute approximate surface area is 120 Å². The molecule has 102 valence electrons. The lowest BCUT2D eigenvalue weighted by Crippen LogP contribution is -2.00. The second-order valence-electron chi connectivity index (χ2n) is 4.56. The number of aryl methyl sites for hydroxylation is 1. The van der Waals surface area contributed by atoms with Crippen molar-refractivity contribution in [2.75, 3.05) is 5.73 Å². The van der Waals surface area contributed by atoms with Crippen molar-refractivity contribution in [3.05, 3.63) is 53.1 Å². The molecule has 0 bridgehead atoms. The van der Waals surface area contributed by atoms with Gasteiger partial charge in [0.25, 0.3) is 0 Å². The summed E-state index contributed by atoms with van der Waals surface area (Å²) in [6.45, 7) is 2.02. The molecule has 0 aliphatic rings. The fourth-order valence-corrected chi connectivity index (χ4v) is 2.47. The first-order valence-electron chi connectivity index (χ1n) is 6.32. The van der Waals surface area contributed by atoms with Crippen LogP contribution in [0.3, 0.4) is 0 Å². The third-order valence-corrected chi connectivity index (χ3v) is 3.52. The average Bonchev–Trinajstić information content (AvgIpc) is 2.79. The molecule has 0 amide bonds. The highest BCUT2D eigenvalue weighted by atomic mass is 35.5. The molecule has 0 aliphatic heterocycles. The number of aromatic nitrogens is 2. The zero-order valence-corrected chi connectivity index (χ0v) is 11.7. The summed E-state index contributed by atoms with van der Waals surface area (Å²) in [5, 5.41) is 0.0989. The van der Waals surface area contributed by atoms with Crippen LogP contribution in [0.25, 0.3) is 16.7 Å². The molecule has 0 saturated carbocycles. The summed E-state index contributed by atoms with van der Waals surface area (Å²) in [4.78, 5) is 4.57. The zero-order chi connectivity index (χ0) is 14.3. The number of nitrogens with two attached hydrogens (primary N) is 1. The van der Waals surface area contributed by atoms with E-state index in [9.17, 15) is 4.39 Å². The normalized spacial score (nSPS) is 11.2. The minimum absolute atomic E-state index is 0.0989. The van der Waals surface area contributed by atoms with Gasteiger partial charge in [0.15, 0.2) is 0 Å². The van der Waals surface area contributed by atoms with Gasteiger partial charge in [-0.3, -0.25) is 4.57 Å². The minimum Gasteiger partial charge on any atom is -0.399 e. The van der Waals surface area contributed by atoms with Crippen LogP contribution in [0, 0.1) is 5.82 Å². The molecule has 2 N–H and O–H groups in total. The molecule has 1 aromatic heterocycles. The first-order valence-corrected chi connectivity index (χ1v) is 6.70. The monoisotopic (exact) mass is 289 g/mol. The lowest BCUT2D eigenvalue weighted by molar-refractivity contribution is 0.627. The van der Waals surface area contributed by atoms with Gasteiger partial charge in [-0.15, -0.1) is 0 Å². The van der Waals surface area contributed by atoms with Gasteiger partial charge in [0, 0.05) is 17.8 Å². The summed E-state index contributed by atoms with van der Waals surface area (Å²) >= 11 is 5.87. The Morgan fingerprint density at radius 1 is 1.25 bits per heavy atom. The average molecular weight is 290 g/mol. The Morgan fingerprint density at radius 3 is 2.75 bits per heavy atom. The van der Waals surface area contributed by atoms with E-state index < -0.39 is 5.82 Å². The topological polar surface area (TPSA) is 43.8 Å². The van der Waals surface area contributed by atoms with Gasteiger partial charge in [-0.1, -0.05) is 18.5 Å². The number of benzene rings is 2. The fraction of sp³-hybridized carbons (Fsp3) is 0.133. The highest BCUT2D eigenvalue weighted by Gasteiger charge is 2.12. The van der Waals surface area contributed by atoms with Crippen molar-refractivity contribution >= 4 is 28.3 Å². The maximum atomic E-state index is 13.3. The van der Waals surface area contributed by atoms with Crippen molar-refractivity contribution in [2.45, 2.75) is 13.3 Å². The van der Waals surface area contributed by atoms with Gasteiger partial charge < -0.3 is 5.73 Å². The highest BCUT2D eigenvalue weighted by molar-refractivity contribution is 6.30. The van der Waals surface area contributed by atoms with Crippen molar-refractivity contribution in [3.8, 4) is 5.69 Å². The standard InChI is InChI=1S/C15H13ClFN3/c1-2-15-19-13-7-9(18)3-6-14(13)20(15)10-4-5-12(17)11(16)8-10/h3-8H,2,18H2,1H3. The molecule has 3 nitrogen and oxygen atoms in total. The molecule has 0 saturated heterocycles. The van der Waals surface area contributed by atoms with Gasteiger partial charge >= 0.3 is 0 Å². The second-order valence-corrected chi connectivity index (χ2v) is 4.97. The van der Waals surface area contributed by atoms with Crippen LogP contribution in [0.15, 0.2) is 36.4 Å². The van der Waals surface area contributed by atoms with E-state index in [0.29, 0.717) is 5.69 Å². The summed E-state index contributed by atoms with van der Waals surface area (Å²) in [5.74, 6) is 0.454. The molecule has 2 aromatic carbocycles. The van der Waals surface area contributed by atoms with Gasteiger partial charge in [0.2, 0.25) is 0 Å². The molecule has 0 spiro atoms. The van der Waals surface area contributed by atoms with Gasteiger partial charge in [0.05, 0.1) is 16.1 Å². The molecule has 5 heteroatoms. The van der Waals surface area contributed by atoms with Crippen LogP contribution in [0.1, 0.15) is 12.7 Å². The largest absolute Gasteiger partial charge is 0.399 e. The van der Waals surface area contributed by atoms with Crippen LogP contribution < -0.4 is 5.73 Å². The Balaban J connectivity index is 2.30. The molecular weight excluding hydrogens is 277 g/mol. The number of hydrogen-bond donors (Lipinski definition) is 1. The van der Waals surface area contributed by atoms with Gasteiger partial charge in [-0.05, 0) is 36.4 Å². The van der Waals surface area contributed by atoms with Crippen LogP contribution in [-0.2, 0) is 6.42 Å². The Bertz CT molecular complexity index is 795. The molecule has 3 rings (SSSR count). The summed E-state index contributed by atoms with van der Waals surface area (Å²) in [6.07, 6.45) is 0.754. The zero-order valence-electron chi connectivity index (χ0n) is 10.9. The number of imidazole rings is 1. The van der Waals surface area contributed by atoms with Crippen molar-refractivity contribution in [3.63, 3.8) is 0 Å². The Kier molecular flexibility index (Phi) is 3.10. The first-order chi connectivity index (χ1) is 9.60. The minimum atomic E-state index is -0.429. The lowest BCUT2D eigenvalue weighted by atomic mass is 10.2. The summed E-state index contributed by atoms with van der Waals surface area (Å²) in [5.41, 5.74) is 9.00. The molecule has 0 aliphatic carbocycles. The number of nitrogen functional groups attached to an aromatic ring is 1. The van der Waals surface area contributed by atoms with Crippen LogP contribution >= 0.6 is 11.6 Å². The van der Waals surface area contributed by atoms with Crippen molar-refractivity contribution < 1.29 is 4.39 Å². The maximum absolute atomic E-state index is 13.3. The first kappa shape index (κ1) is 12.9. The molecule has 0 unspecified atom stereocenters.